The Hall–Kier alpha value is -1.12. The molecule has 0 aromatic rings. The molecule has 0 bridgehead atoms. The van der Waals surface area contributed by atoms with Gasteiger partial charge in [0.15, 0.2) is 5.78 Å². The van der Waals surface area contributed by atoms with Gasteiger partial charge in [0.2, 0.25) is 0 Å². The smallest absolute Gasteiger partial charge is 0.155 e. The summed E-state index contributed by atoms with van der Waals surface area (Å²) in [4.78, 5) is 24.1. The average molecular weight is 402 g/mol. The molecule has 0 aromatic carbocycles. The number of fused-ring (bicyclic) bond motifs is 1. The maximum Gasteiger partial charge on any atom is 0.155 e. The van der Waals surface area contributed by atoms with Crippen molar-refractivity contribution >= 4 is 11.8 Å². The molecule has 0 saturated heterocycles. The van der Waals surface area contributed by atoms with Gasteiger partial charge in [-0.3, -0.25) is 4.79 Å². The molecule has 164 valence electrons. The summed E-state index contributed by atoms with van der Waals surface area (Å²) < 4.78 is 0. The van der Waals surface area contributed by atoms with Gasteiger partial charge in [-0.2, -0.15) is 0 Å². The second kappa shape index (κ2) is 8.55. The van der Waals surface area contributed by atoms with Crippen LogP contribution in [0.1, 0.15) is 92.4 Å². The number of hydrogen-bond acceptors (Lipinski definition) is 3. The second-order valence-corrected chi connectivity index (χ2v) is 11.4. The highest BCUT2D eigenvalue weighted by Gasteiger charge is 2.57. The maximum absolute atomic E-state index is 12.4. The molecule has 0 aromatic heterocycles. The van der Waals surface area contributed by atoms with E-state index in [4.69, 9.17) is 0 Å². The maximum atomic E-state index is 12.4. The monoisotopic (exact) mass is 401 g/mol. The Balaban J connectivity index is 1.79. The van der Waals surface area contributed by atoms with Crippen molar-refractivity contribution in [2.24, 2.45) is 46.3 Å². The zero-order valence-electron chi connectivity index (χ0n) is 19.2. The van der Waals surface area contributed by atoms with E-state index in [0.717, 1.165) is 38.0 Å². The highest BCUT2D eigenvalue weighted by molar-refractivity contribution is 5.90. The van der Waals surface area contributed by atoms with E-state index in [1.54, 1.807) is 6.08 Å². The Labute approximate surface area is 177 Å². The molecule has 0 spiro atoms. The predicted octanol–water partition coefficient (Wildman–Crippen LogP) is 5.18. The van der Waals surface area contributed by atoms with Gasteiger partial charge in [0.1, 0.15) is 0 Å². The van der Waals surface area contributed by atoms with Gasteiger partial charge in [-0.15, -0.1) is 0 Å². The van der Waals surface area contributed by atoms with Crippen molar-refractivity contribution in [3.63, 3.8) is 0 Å². The summed E-state index contributed by atoms with van der Waals surface area (Å²) in [5.41, 5.74) is -0.0794. The van der Waals surface area contributed by atoms with Crippen molar-refractivity contribution < 1.29 is 14.7 Å². The Bertz CT molecular complexity index is 650. The van der Waals surface area contributed by atoms with Crippen molar-refractivity contribution in [1.29, 1.82) is 0 Å². The molecule has 2 fully saturated rings. The second-order valence-electron chi connectivity index (χ2n) is 11.4. The van der Waals surface area contributed by atoms with Crippen LogP contribution in [-0.2, 0) is 9.59 Å². The summed E-state index contributed by atoms with van der Waals surface area (Å²) in [7, 11) is 0. The van der Waals surface area contributed by atoms with E-state index in [9.17, 15) is 14.7 Å². The van der Waals surface area contributed by atoms with E-state index >= 15 is 0 Å². The summed E-state index contributed by atoms with van der Waals surface area (Å²) in [5, 5.41) is 12.4. The quantitative estimate of drug-likeness (QED) is 0.590. The highest BCUT2D eigenvalue weighted by Crippen LogP contribution is 2.64. The summed E-state index contributed by atoms with van der Waals surface area (Å²) in [5.74, 6) is 1.27. The molecule has 0 amide bonds. The summed E-state index contributed by atoms with van der Waals surface area (Å²) in [6.07, 6.45) is 13.1. The molecular weight excluding hydrogens is 360 g/mol. The molecule has 29 heavy (non-hydrogen) atoms. The zero-order valence-corrected chi connectivity index (χ0v) is 19.2. The van der Waals surface area contributed by atoms with Crippen LogP contribution in [0.5, 0.6) is 0 Å². The summed E-state index contributed by atoms with van der Waals surface area (Å²) in [6, 6.07) is 0. The minimum Gasteiger partial charge on any atom is -0.550 e. The molecule has 7 atom stereocenters. The largest absolute Gasteiger partial charge is 0.550 e. The van der Waals surface area contributed by atoms with Gasteiger partial charge in [0.25, 0.3) is 0 Å². The van der Waals surface area contributed by atoms with Crippen LogP contribution in [0, 0.1) is 46.3 Å². The Morgan fingerprint density at radius 2 is 1.83 bits per heavy atom. The zero-order chi connectivity index (χ0) is 21.4. The Morgan fingerprint density at radius 3 is 2.41 bits per heavy atom. The molecule has 3 nitrogen and oxygen atoms in total. The number of ketones is 1. The lowest BCUT2D eigenvalue weighted by Crippen LogP contribution is -2.53. The van der Waals surface area contributed by atoms with E-state index in [1.807, 2.05) is 6.08 Å². The van der Waals surface area contributed by atoms with Crippen molar-refractivity contribution in [3.05, 3.63) is 12.2 Å². The number of carboxylic acids is 1. The third kappa shape index (κ3) is 4.35. The fraction of sp³-hybridized carbons (Fsp3) is 0.846. The molecule has 2 saturated carbocycles. The minimum absolute atomic E-state index is 0.0879. The van der Waals surface area contributed by atoms with E-state index in [-0.39, 0.29) is 34.4 Å². The normalized spacial score (nSPS) is 40.8. The number of hydrogen-bond donors (Lipinski definition) is 0. The number of carbonyl (C=O) groups excluding carboxylic acids is 2. The van der Waals surface area contributed by atoms with Crippen LogP contribution in [0.4, 0.5) is 0 Å². The molecule has 0 N–H and O–H groups in total. The third-order valence-electron chi connectivity index (χ3n) is 9.15. The van der Waals surface area contributed by atoms with Gasteiger partial charge in [-0.1, -0.05) is 60.0 Å². The lowest BCUT2D eigenvalue weighted by atomic mass is 9.51. The highest BCUT2D eigenvalue weighted by atomic mass is 16.4. The fourth-order valence-electron chi connectivity index (χ4n) is 7.38. The van der Waals surface area contributed by atoms with Crippen LogP contribution in [0.2, 0.25) is 0 Å². The van der Waals surface area contributed by atoms with Crippen molar-refractivity contribution in [1.82, 2.24) is 0 Å². The topological polar surface area (TPSA) is 57.2 Å². The van der Waals surface area contributed by atoms with Crippen LogP contribution >= 0.6 is 0 Å². The Kier molecular flexibility index (Phi) is 6.65. The molecule has 3 aliphatic carbocycles. The predicted molar refractivity (Wildman–Crippen MR) is 115 cm³/mol. The van der Waals surface area contributed by atoms with Gasteiger partial charge in [-0.05, 0) is 78.6 Å². The van der Waals surface area contributed by atoms with E-state index < -0.39 is 5.97 Å². The van der Waals surface area contributed by atoms with Crippen LogP contribution in [0.15, 0.2) is 12.2 Å². The van der Waals surface area contributed by atoms with Gasteiger partial charge in [0, 0.05) is 18.3 Å². The minimum atomic E-state index is -0.856. The number of allylic oxidation sites excluding steroid dienone is 2. The van der Waals surface area contributed by atoms with Gasteiger partial charge < -0.3 is 9.90 Å². The Morgan fingerprint density at radius 1 is 1.10 bits per heavy atom. The van der Waals surface area contributed by atoms with Crippen molar-refractivity contribution in [2.75, 3.05) is 0 Å². The van der Waals surface area contributed by atoms with Crippen LogP contribution in [-0.4, -0.2) is 11.8 Å². The van der Waals surface area contributed by atoms with E-state index in [0.29, 0.717) is 18.3 Å². The van der Waals surface area contributed by atoms with Crippen molar-refractivity contribution in [2.45, 2.75) is 92.4 Å². The number of carbonyl (C=O) groups is 2. The number of aliphatic carboxylic acids is 1. The lowest BCUT2D eigenvalue weighted by molar-refractivity contribution is -0.319. The first-order chi connectivity index (χ1) is 13.6. The number of carboxylic acid groups (broad SMARTS) is 1. The molecule has 0 aliphatic heterocycles. The van der Waals surface area contributed by atoms with Crippen LogP contribution in [0.25, 0.3) is 0 Å². The first-order valence-corrected chi connectivity index (χ1v) is 12.0. The van der Waals surface area contributed by atoms with Gasteiger partial charge in [-0.25, -0.2) is 0 Å². The molecule has 0 heterocycles. The number of rotatable bonds is 7. The first kappa shape index (κ1) is 22.6. The molecule has 3 heteroatoms. The fourth-order valence-corrected chi connectivity index (χ4v) is 7.38. The first-order valence-electron chi connectivity index (χ1n) is 12.0. The van der Waals surface area contributed by atoms with Crippen LogP contribution < -0.4 is 5.11 Å². The third-order valence-corrected chi connectivity index (χ3v) is 9.15. The van der Waals surface area contributed by atoms with E-state index in [2.05, 4.69) is 34.6 Å². The summed E-state index contributed by atoms with van der Waals surface area (Å²) in [6.45, 7) is 11.5. The SMILES string of the molecule is CC(C)CCCC(C)C1CCC2C(C(=O)[O-])C([C@]3(C)C=CC(=O)CC3)CC[C@]12C. The molecule has 3 aliphatic rings. The van der Waals surface area contributed by atoms with E-state index in [1.165, 1.54) is 19.3 Å². The standard InChI is InChI=1S/C26H42O3/c1-17(2)7-6-8-18(3)20-9-10-22-23(24(28)29)21(13-16-26(20,22)5)25(4)14-11-19(27)12-15-25/h11,14,17-18,20-23H,6-10,12-13,15-16H2,1-5H3,(H,28,29)/p-1/t18?,20?,21?,22?,23?,25-,26-/m1/s1. The molecule has 5 unspecified atom stereocenters. The summed E-state index contributed by atoms with van der Waals surface area (Å²) >= 11 is 0. The van der Waals surface area contributed by atoms with Crippen molar-refractivity contribution in [3.8, 4) is 0 Å². The van der Waals surface area contributed by atoms with Gasteiger partial charge >= 0.3 is 0 Å². The lowest BCUT2D eigenvalue weighted by Gasteiger charge is -2.54. The molecule has 0 radical (unpaired) electrons. The van der Waals surface area contributed by atoms with Gasteiger partial charge in [0.05, 0.1) is 0 Å². The molecular formula is C26H41O3-. The average Bonchev–Trinajstić information content (AvgIpc) is 3.00. The molecule has 3 rings (SSSR count). The van der Waals surface area contributed by atoms with Crippen LogP contribution in [0.3, 0.4) is 0 Å².